The molecule has 0 saturated heterocycles. The number of nitrogens with zero attached hydrogens (tertiary/aromatic N) is 1. The van der Waals surface area contributed by atoms with Gasteiger partial charge in [0, 0.05) is 12.4 Å². The Labute approximate surface area is 119 Å². The zero-order valence-corrected chi connectivity index (χ0v) is 11.6. The lowest BCUT2D eigenvalue weighted by molar-refractivity contribution is 0.414. The highest BCUT2D eigenvalue weighted by molar-refractivity contribution is 5.86. The van der Waals surface area contributed by atoms with Crippen LogP contribution in [0.3, 0.4) is 0 Å². The van der Waals surface area contributed by atoms with Crippen LogP contribution in [-0.2, 0) is 6.42 Å². The summed E-state index contributed by atoms with van der Waals surface area (Å²) in [5.74, 6) is 0.943. The Bertz CT molecular complexity index is 593. The summed E-state index contributed by atoms with van der Waals surface area (Å²) in [5.41, 5.74) is 5.35. The lowest BCUT2D eigenvalue weighted by atomic mass is 10.0. The lowest BCUT2D eigenvalue weighted by Crippen LogP contribution is -1.86. The fourth-order valence-electron chi connectivity index (χ4n) is 2.43. The average molecular weight is 274 g/mol. The SMILES string of the molecule is COc1ccc2c(c1)CCC2=Cc1ccncc1.Cl. The average Bonchev–Trinajstić information content (AvgIpc) is 2.82. The first kappa shape index (κ1) is 13.6. The molecular formula is C16H16ClNO. The number of rotatable bonds is 2. The van der Waals surface area contributed by atoms with Crippen molar-refractivity contribution in [2.45, 2.75) is 12.8 Å². The van der Waals surface area contributed by atoms with Gasteiger partial charge in [0.25, 0.3) is 0 Å². The summed E-state index contributed by atoms with van der Waals surface area (Å²) in [6, 6.07) is 10.4. The van der Waals surface area contributed by atoms with Crippen LogP contribution in [0.2, 0.25) is 0 Å². The van der Waals surface area contributed by atoms with Gasteiger partial charge >= 0.3 is 0 Å². The van der Waals surface area contributed by atoms with E-state index in [0.29, 0.717) is 0 Å². The number of pyridine rings is 1. The molecule has 0 atom stereocenters. The van der Waals surface area contributed by atoms with Crippen LogP contribution >= 0.6 is 12.4 Å². The van der Waals surface area contributed by atoms with Crippen molar-refractivity contribution < 1.29 is 4.74 Å². The summed E-state index contributed by atoms with van der Waals surface area (Å²) < 4.78 is 5.27. The number of aromatic nitrogens is 1. The second kappa shape index (κ2) is 5.89. The molecule has 3 heteroatoms. The van der Waals surface area contributed by atoms with Crippen molar-refractivity contribution in [3.8, 4) is 5.75 Å². The van der Waals surface area contributed by atoms with Crippen molar-refractivity contribution in [2.75, 3.05) is 7.11 Å². The fourth-order valence-corrected chi connectivity index (χ4v) is 2.43. The molecule has 1 aromatic carbocycles. The molecule has 0 radical (unpaired) electrons. The molecule has 0 amide bonds. The summed E-state index contributed by atoms with van der Waals surface area (Å²) in [7, 11) is 1.71. The number of methoxy groups -OCH3 is 1. The maximum absolute atomic E-state index is 5.27. The van der Waals surface area contributed by atoms with E-state index in [1.165, 1.54) is 22.3 Å². The van der Waals surface area contributed by atoms with Gasteiger partial charge in [0.05, 0.1) is 7.11 Å². The Morgan fingerprint density at radius 1 is 1.11 bits per heavy atom. The van der Waals surface area contributed by atoms with E-state index in [1.807, 2.05) is 30.6 Å². The van der Waals surface area contributed by atoms with Crippen LogP contribution in [0, 0.1) is 0 Å². The van der Waals surface area contributed by atoms with Gasteiger partial charge in [0.1, 0.15) is 5.75 Å². The van der Waals surface area contributed by atoms with E-state index in [9.17, 15) is 0 Å². The van der Waals surface area contributed by atoms with E-state index in [1.54, 1.807) is 7.11 Å². The summed E-state index contributed by atoms with van der Waals surface area (Å²) in [6.45, 7) is 0. The number of allylic oxidation sites excluding steroid dienone is 1. The van der Waals surface area contributed by atoms with Gasteiger partial charge in [0.2, 0.25) is 0 Å². The molecule has 1 heterocycles. The molecule has 2 nitrogen and oxygen atoms in total. The van der Waals surface area contributed by atoms with Gasteiger partial charge < -0.3 is 4.74 Å². The van der Waals surface area contributed by atoms with Crippen molar-refractivity contribution in [2.24, 2.45) is 0 Å². The topological polar surface area (TPSA) is 22.1 Å². The quantitative estimate of drug-likeness (QED) is 0.825. The van der Waals surface area contributed by atoms with Crippen molar-refractivity contribution in [3.63, 3.8) is 0 Å². The molecule has 0 N–H and O–H groups in total. The molecule has 1 aliphatic carbocycles. The number of hydrogen-bond acceptors (Lipinski definition) is 2. The predicted molar refractivity (Wildman–Crippen MR) is 80.7 cm³/mol. The highest BCUT2D eigenvalue weighted by atomic mass is 35.5. The Morgan fingerprint density at radius 3 is 2.63 bits per heavy atom. The second-order valence-corrected chi connectivity index (χ2v) is 4.47. The lowest BCUT2D eigenvalue weighted by Gasteiger charge is -2.04. The molecule has 2 aromatic rings. The van der Waals surface area contributed by atoms with Crippen LogP contribution in [0.5, 0.6) is 5.75 Å². The first-order chi connectivity index (χ1) is 8.86. The van der Waals surface area contributed by atoms with E-state index in [4.69, 9.17) is 4.74 Å². The van der Waals surface area contributed by atoms with Gasteiger partial charge in [-0.25, -0.2) is 0 Å². The van der Waals surface area contributed by atoms with E-state index in [0.717, 1.165) is 18.6 Å². The van der Waals surface area contributed by atoms with E-state index in [2.05, 4.69) is 23.2 Å². The predicted octanol–water partition coefficient (Wildman–Crippen LogP) is 4.00. The maximum atomic E-state index is 5.27. The van der Waals surface area contributed by atoms with Crippen LogP contribution in [0.25, 0.3) is 11.6 Å². The molecule has 1 aliphatic rings. The van der Waals surface area contributed by atoms with Crippen molar-refractivity contribution in [3.05, 3.63) is 59.4 Å². The summed E-state index contributed by atoms with van der Waals surface area (Å²) in [4.78, 5) is 4.04. The Balaban J connectivity index is 0.00000133. The van der Waals surface area contributed by atoms with Gasteiger partial charge in [-0.1, -0.05) is 12.1 Å². The van der Waals surface area contributed by atoms with Gasteiger partial charge in [-0.3, -0.25) is 4.98 Å². The molecule has 0 bridgehead atoms. The molecular weight excluding hydrogens is 258 g/mol. The zero-order chi connectivity index (χ0) is 12.4. The van der Waals surface area contributed by atoms with Crippen LogP contribution in [-0.4, -0.2) is 12.1 Å². The smallest absolute Gasteiger partial charge is 0.119 e. The number of ether oxygens (including phenoxy) is 1. The van der Waals surface area contributed by atoms with E-state index >= 15 is 0 Å². The van der Waals surface area contributed by atoms with Gasteiger partial charge in [0.15, 0.2) is 0 Å². The monoisotopic (exact) mass is 273 g/mol. The molecule has 3 rings (SSSR count). The second-order valence-electron chi connectivity index (χ2n) is 4.47. The normalized spacial score (nSPS) is 14.9. The minimum atomic E-state index is 0. The first-order valence-corrected chi connectivity index (χ1v) is 6.15. The first-order valence-electron chi connectivity index (χ1n) is 6.15. The highest BCUT2D eigenvalue weighted by Crippen LogP contribution is 2.35. The molecule has 1 aromatic heterocycles. The summed E-state index contributed by atoms with van der Waals surface area (Å²) in [6.07, 6.45) is 8.11. The van der Waals surface area contributed by atoms with Crippen LogP contribution in [0.4, 0.5) is 0 Å². The number of halogens is 1. The van der Waals surface area contributed by atoms with Crippen molar-refractivity contribution in [1.29, 1.82) is 0 Å². The molecule has 0 aliphatic heterocycles. The molecule has 0 unspecified atom stereocenters. The van der Waals surface area contributed by atoms with Crippen LogP contribution < -0.4 is 4.74 Å². The van der Waals surface area contributed by atoms with Crippen molar-refractivity contribution in [1.82, 2.24) is 4.98 Å². The third-order valence-electron chi connectivity index (χ3n) is 3.37. The number of hydrogen-bond donors (Lipinski definition) is 0. The maximum Gasteiger partial charge on any atom is 0.119 e. The molecule has 98 valence electrons. The van der Waals surface area contributed by atoms with Gasteiger partial charge in [-0.15, -0.1) is 12.4 Å². The number of fused-ring (bicyclic) bond motifs is 1. The summed E-state index contributed by atoms with van der Waals surface area (Å²) >= 11 is 0. The molecule has 0 saturated carbocycles. The highest BCUT2D eigenvalue weighted by Gasteiger charge is 2.16. The van der Waals surface area contributed by atoms with Crippen LogP contribution in [0.1, 0.15) is 23.1 Å². The zero-order valence-electron chi connectivity index (χ0n) is 10.8. The van der Waals surface area contributed by atoms with Gasteiger partial charge in [-0.2, -0.15) is 0 Å². The molecule has 0 spiro atoms. The fraction of sp³-hybridized carbons (Fsp3) is 0.188. The minimum Gasteiger partial charge on any atom is -0.497 e. The standard InChI is InChI=1S/C16H15NO.ClH/c1-18-15-4-5-16-13(2-3-14(16)11-15)10-12-6-8-17-9-7-12;/h4-11H,2-3H2,1H3;1H. The van der Waals surface area contributed by atoms with E-state index < -0.39 is 0 Å². The summed E-state index contributed by atoms with van der Waals surface area (Å²) in [5, 5.41) is 0. The Morgan fingerprint density at radius 2 is 1.89 bits per heavy atom. The molecule has 19 heavy (non-hydrogen) atoms. The van der Waals surface area contributed by atoms with Crippen molar-refractivity contribution >= 4 is 24.1 Å². The van der Waals surface area contributed by atoms with Crippen LogP contribution in [0.15, 0.2) is 42.7 Å². The van der Waals surface area contributed by atoms with E-state index in [-0.39, 0.29) is 12.4 Å². The Kier molecular flexibility index (Phi) is 4.23. The minimum absolute atomic E-state index is 0. The third-order valence-corrected chi connectivity index (χ3v) is 3.37. The number of aryl methyl sites for hydroxylation is 1. The Hall–Kier alpha value is -1.80. The molecule has 0 fully saturated rings. The van der Waals surface area contributed by atoms with Gasteiger partial charge in [-0.05, 0) is 59.4 Å². The largest absolute Gasteiger partial charge is 0.497 e. The third kappa shape index (κ3) is 2.79. The number of benzene rings is 1.